The maximum atomic E-state index is 12.6. The van der Waals surface area contributed by atoms with Gasteiger partial charge in [-0.25, -0.2) is 0 Å². The van der Waals surface area contributed by atoms with Gasteiger partial charge in [0.15, 0.2) is 0 Å². The van der Waals surface area contributed by atoms with Crippen LogP contribution >= 0.6 is 0 Å². The minimum absolute atomic E-state index is 0.151. The fraction of sp³-hybridized carbons (Fsp3) is 0.421. The van der Waals surface area contributed by atoms with Crippen molar-refractivity contribution < 1.29 is 9.53 Å². The molecule has 2 aromatic rings. The van der Waals surface area contributed by atoms with Gasteiger partial charge in [0.1, 0.15) is 11.6 Å². The normalized spacial score (nSPS) is 15.0. The molecule has 2 heterocycles. The smallest absolute Gasteiger partial charge is 0.227 e. The highest BCUT2D eigenvalue weighted by atomic mass is 16.5. The third kappa shape index (κ3) is 4.47. The van der Waals surface area contributed by atoms with Gasteiger partial charge in [0.25, 0.3) is 0 Å². The summed E-state index contributed by atoms with van der Waals surface area (Å²) < 4.78 is 5.33. The second-order valence-corrected chi connectivity index (χ2v) is 6.35. The van der Waals surface area contributed by atoms with Crippen molar-refractivity contribution in [2.24, 2.45) is 0 Å². The zero-order valence-electron chi connectivity index (χ0n) is 14.7. The summed E-state index contributed by atoms with van der Waals surface area (Å²) in [7, 11) is 1.63. The van der Waals surface area contributed by atoms with Gasteiger partial charge in [-0.05, 0) is 38.0 Å². The monoisotopic (exact) mass is 340 g/mol. The summed E-state index contributed by atoms with van der Waals surface area (Å²) >= 11 is 0. The number of para-hydroxylation sites is 1. The van der Waals surface area contributed by atoms with Crippen LogP contribution in [0.1, 0.15) is 24.1 Å². The molecule has 0 radical (unpaired) electrons. The lowest BCUT2D eigenvalue weighted by atomic mass is 10.0. The molecule has 0 bridgehead atoms. The number of benzene rings is 1. The number of methoxy groups -OCH3 is 1. The lowest BCUT2D eigenvalue weighted by Crippen LogP contribution is -2.43. The standard InChI is InChI=1S/C19H24N4O2/c1-14-7-8-18(22-21-14)20-16-9-11-23(12-10-16)19(24)13-15-5-3-4-6-17(15)25-2/h3-8,16H,9-13H2,1-2H3,(H,20,22). The number of piperidine rings is 1. The van der Waals surface area contributed by atoms with Gasteiger partial charge in [0.2, 0.25) is 5.91 Å². The Morgan fingerprint density at radius 2 is 1.96 bits per heavy atom. The molecule has 1 amide bonds. The molecule has 0 atom stereocenters. The van der Waals surface area contributed by atoms with E-state index in [0.717, 1.165) is 48.8 Å². The Hall–Kier alpha value is -2.63. The van der Waals surface area contributed by atoms with E-state index >= 15 is 0 Å². The summed E-state index contributed by atoms with van der Waals surface area (Å²) in [5, 5.41) is 11.6. The van der Waals surface area contributed by atoms with E-state index in [-0.39, 0.29) is 5.91 Å². The van der Waals surface area contributed by atoms with E-state index in [1.54, 1.807) is 7.11 Å². The molecular weight excluding hydrogens is 316 g/mol. The molecule has 1 aliphatic rings. The fourth-order valence-corrected chi connectivity index (χ4v) is 3.08. The van der Waals surface area contributed by atoms with Gasteiger partial charge < -0.3 is 15.0 Å². The first kappa shape index (κ1) is 17.2. The number of nitrogens with one attached hydrogen (secondary N) is 1. The SMILES string of the molecule is COc1ccccc1CC(=O)N1CCC(Nc2ccc(C)nn2)CC1. The van der Waals surface area contributed by atoms with Crippen LogP contribution in [0.3, 0.4) is 0 Å². The highest BCUT2D eigenvalue weighted by Gasteiger charge is 2.23. The molecule has 1 aromatic carbocycles. The van der Waals surface area contributed by atoms with Gasteiger partial charge in [-0.1, -0.05) is 18.2 Å². The molecule has 0 saturated carbocycles. The number of likely N-dealkylation sites (tertiary alicyclic amines) is 1. The molecule has 1 saturated heterocycles. The zero-order chi connectivity index (χ0) is 17.6. The third-order valence-corrected chi connectivity index (χ3v) is 4.53. The van der Waals surface area contributed by atoms with Gasteiger partial charge >= 0.3 is 0 Å². The summed E-state index contributed by atoms with van der Waals surface area (Å²) in [6, 6.07) is 11.9. The van der Waals surface area contributed by atoms with Gasteiger partial charge in [0, 0.05) is 24.7 Å². The molecule has 1 fully saturated rings. The van der Waals surface area contributed by atoms with E-state index in [9.17, 15) is 4.79 Å². The minimum Gasteiger partial charge on any atom is -0.496 e. The number of amides is 1. The van der Waals surface area contributed by atoms with Crippen LogP contribution < -0.4 is 10.1 Å². The average Bonchev–Trinajstić information content (AvgIpc) is 2.64. The lowest BCUT2D eigenvalue weighted by molar-refractivity contribution is -0.131. The molecule has 1 aliphatic heterocycles. The van der Waals surface area contributed by atoms with Crippen LogP contribution in [0, 0.1) is 6.92 Å². The Morgan fingerprint density at radius 3 is 2.64 bits per heavy atom. The quantitative estimate of drug-likeness (QED) is 0.905. The number of carbonyl (C=O) groups is 1. The molecular formula is C19H24N4O2. The van der Waals surface area contributed by atoms with Gasteiger partial charge in [-0.15, -0.1) is 5.10 Å². The molecule has 0 aliphatic carbocycles. The van der Waals surface area contributed by atoms with E-state index in [1.807, 2.05) is 48.2 Å². The first-order chi connectivity index (χ1) is 12.2. The summed E-state index contributed by atoms with van der Waals surface area (Å²) in [5.74, 6) is 1.72. The number of anilines is 1. The van der Waals surface area contributed by atoms with Crippen molar-refractivity contribution in [2.45, 2.75) is 32.2 Å². The molecule has 0 spiro atoms. The second kappa shape index (κ2) is 7.96. The van der Waals surface area contributed by atoms with Gasteiger partial charge in [-0.2, -0.15) is 5.10 Å². The maximum absolute atomic E-state index is 12.6. The largest absolute Gasteiger partial charge is 0.496 e. The Labute approximate surface area is 148 Å². The lowest BCUT2D eigenvalue weighted by Gasteiger charge is -2.32. The van der Waals surface area contributed by atoms with Gasteiger partial charge in [0.05, 0.1) is 19.2 Å². The molecule has 6 nitrogen and oxygen atoms in total. The molecule has 6 heteroatoms. The Balaban J connectivity index is 1.51. The summed E-state index contributed by atoms with van der Waals surface area (Å²) in [4.78, 5) is 14.5. The number of ether oxygens (including phenoxy) is 1. The van der Waals surface area contributed by atoms with E-state index in [0.29, 0.717) is 12.5 Å². The van der Waals surface area contributed by atoms with E-state index in [4.69, 9.17) is 4.74 Å². The van der Waals surface area contributed by atoms with Crippen LogP contribution in [0.2, 0.25) is 0 Å². The van der Waals surface area contributed by atoms with Crippen molar-refractivity contribution in [1.82, 2.24) is 15.1 Å². The highest BCUT2D eigenvalue weighted by Crippen LogP contribution is 2.20. The number of aromatic nitrogens is 2. The number of aryl methyl sites for hydroxylation is 1. The fourth-order valence-electron chi connectivity index (χ4n) is 3.08. The number of rotatable bonds is 5. The van der Waals surface area contributed by atoms with Crippen molar-refractivity contribution in [3.8, 4) is 5.75 Å². The minimum atomic E-state index is 0.151. The Kier molecular flexibility index (Phi) is 5.48. The molecule has 25 heavy (non-hydrogen) atoms. The van der Waals surface area contributed by atoms with E-state index < -0.39 is 0 Å². The molecule has 3 rings (SSSR count). The Morgan fingerprint density at radius 1 is 1.20 bits per heavy atom. The second-order valence-electron chi connectivity index (χ2n) is 6.35. The van der Waals surface area contributed by atoms with Crippen LogP contribution in [0.4, 0.5) is 5.82 Å². The average molecular weight is 340 g/mol. The molecule has 1 N–H and O–H groups in total. The third-order valence-electron chi connectivity index (χ3n) is 4.53. The molecule has 0 unspecified atom stereocenters. The van der Waals surface area contributed by atoms with Gasteiger partial charge in [-0.3, -0.25) is 4.79 Å². The summed E-state index contributed by atoms with van der Waals surface area (Å²) in [6.07, 6.45) is 2.20. The van der Waals surface area contributed by atoms with E-state index in [2.05, 4.69) is 15.5 Å². The number of nitrogens with zero attached hydrogens (tertiary/aromatic N) is 3. The summed E-state index contributed by atoms with van der Waals surface area (Å²) in [5.41, 5.74) is 1.84. The Bertz CT molecular complexity index is 710. The maximum Gasteiger partial charge on any atom is 0.227 e. The van der Waals surface area contributed by atoms with Crippen molar-refractivity contribution >= 4 is 11.7 Å². The molecule has 132 valence electrons. The van der Waals surface area contributed by atoms with Crippen LogP contribution in [0.25, 0.3) is 0 Å². The first-order valence-electron chi connectivity index (χ1n) is 8.62. The van der Waals surface area contributed by atoms with Crippen molar-refractivity contribution in [1.29, 1.82) is 0 Å². The zero-order valence-corrected chi connectivity index (χ0v) is 14.7. The predicted octanol–water partition coefficient (Wildman–Crippen LogP) is 2.44. The van der Waals surface area contributed by atoms with Crippen LogP contribution in [0.15, 0.2) is 36.4 Å². The first-order valence-corrected chi connectivity index (χ1v) is 8.62. The topological polar surface area (TPSA) is 67.3 Å². The highest BCUT2D eigenvalue weighted by molar-refractivity contribution is 5.79. The van der Waals surface area contributed by atoms with E-state index in [1.165, 1.54) is 0 Å². The molecule has 1 aromatic heterocycles. The summed E-state index contributed by atoms with van der Waals surface area (Å²) in [6.45, 7) is 3.43. The van der Waals surface area contributed by atoms with Crippen molar-refractivity contribution in [2.75, 3.05) is 25.5 Å². The van der Waals surface area contributed by atoms with Crippen LogP contribution in [0.5, 0.6) is 5.75 Å². The predicted molar refractivity (Wildman–Crippen MR) is 96.7 cm³/mol. The number of hydrogen-bond donors (Lipinski definition) is 1. The van der Waals surface area contributed by atoms with Crippen LogP contribution in [-0.4, -0.2) is 47.2 Å². The van der Waals surface area contributed by atoms with Crippen molar-refractivity contribution in [3.63, 3.8) is 0 Å². The van der Waals surface area contributed by atoms with Crippen molar-refractivity contribution in [3.05, 3.63) is 47.7 Å². The number of carbonyl (C=O) groups excluding carboxylic acids is 1. The van der Waals surface area contributed by atoms with Crippen LogP contribution in [-0.2, 0) is 11.2 Å². The number of hydrogen-bond acceptors (Lipinski definition) is 5.